The summed E-state index contributed by atoms with van der Waals surface area (Å²) < 4.78 is 14.2. The van der Waals surface area contributed by atoms with E-state index in [4.69, 9.17) is 38.5 Å². The van der Waals surface area contributed by atoms with E-state index in [-0.39, 0.29) is 110 Å². The summed E-state index contributed by atoms with van der Waals surface area (Å²) in [5, 5.41) is 37.4. The number of nitrogens with one attached hydrogen (secondary N) is 6. The van der Waals surface area contributed by atoms with Crippen molar-refractivity contribution >= 4 is 239 Å². The number of rotatable bonds is 38. The van der Waals surface area contributed by atoms with Gasteiger partial charge in [0, 0.05) is 128 Å². The fourth-order valence-electron chi connectivity index (χ4n) is 9.96. The summed E-state index contributed by atoms with van der Waals surface area (Å²) in [7, 11) is 9.01. The third-order valence-corrected chi connectivity index (χ3v) is 21.5. The van der Waals surface area contributed by atoms with Crippen molar-refractivity contribution < 1.29 is 90.1 Å². The summed E-state index contributed by atoms with van der Waals surface area (Å²) in [6.07, 6.45) is 1.81. The van der Waals surface area contributed by atoms with Crippen LogP contribution in [0.25, 0.3) is 0 Å². The minimum absolute atomic E-state index is 0. The first-order valence-electron chi connectivity index (χ1n) is 37.2. The Morgan fingerprint density at radius 3 is 1.16 bits per heavy atom. The van der Waals surface area contributed by atoms with Crippen LogP contribution in [0, 0.1) is 0 Å². The van der Waals surface area contributed by atoms with Crippen LogP contribution in [0.4, 0.5) is 19.2 Å². The molecule has 7 rings (SSSR count). The van der Waals surface area contributed by atoms with Crippen molar-refractivity contribution in [2.24, 2.45) is 28.7 Å². The number of benzene rings is 2. The number of esters is 2. The SMILES string of the molecule is C.C.C.CC(C)c1nc(CN(C)C(=O)N[C@@H](CC(N)=O)C(=O)N[C@@H](CC[C@@H](Cc2ccccc2)NC(=O)OCc2cncs2)Cc2ccccc2)cs1.CC(C)c1nc(CN(C)C(=O)N[C@@H](CC(N)=O)C(=O)O)cs1.CNCc1csc(C(C)C)n1.COC(=O)[C@@H](N)CC(N)=O.COC(=O)[C@H](CC(N)=O)NC(=O)N(C)Cc1csc(C(C)C)n1.Cl.I.II.I[I-]I. The van der Waals surface area contributed by atoms with Crippen molar-refractivity contribution in [1.29, 1.82) is 0 Å². The molecular formula is C79H125ClI6N19O16S5-. The molecule has 2 aromatic carbocycles. The van der Waals surface area contributed by atoms with Crippen LogP contribution in [0.3, 0.4) is 0 Å². The van der Waals surface area contributed by atoms with E-state index >= 15 is 0 Å². The van der Waals surface area contributed by atoms with Gasteiger partial charge in [0.25, 0.3) is 0 Å². The van der Waals surface area contributed by atoms with E-state index < -0.39 is 108 Å². The number of carboxylic acids is 1. The van der Waals surface area contributed by atoms with Crippen LogP contribution in [0.2, 0.25) is 0 Å². The van der Waals surface area contributed by atoms with Gasteiger partial charge in [-0.1, -0.05) is 138 Å². The Morgan fingerprint density at radius 1 is 0.500 bits per heavy atom. The van der Waals surface area contributed by atoms with Crippen LogP contribution >= 0.6 is 168 Å². The topological polar surface area (TPSA) is 529 Å². The molecule has 0 radical (unpaired) electrons. The van der Waals surface area contributed by atoms with Crippen LogP contribution in [0.15, 0.2) is 93.9 Å². The number of carbonyl (C=O) groups excluding carboxylic acids is 11. The fourth-order valence-corrected chi connectivity index (χ4v) is 13.8. The number of thiazole rings is 5. The number of halogens is 7. The number of nitrogens with two attached hydrogens (primary N) is 5. The summed E-state index contributed by atoms with van der Waals surface area (Å²) >= 11 is 17.3. The molecule has 0 aliphatic carbocycles. The number of primary amides is 4. The van der Waals surface area contributed by atoms with E-state index in [2.05, 4.69) is 174 Å². The van der Waals surface area contributed by atoms with Crippen molar-refractivity contribution in [2.75, 3.05) is 42.4 Å². The van der Waals surface area contributed by atoms with Gasteiger partial charge >= 0.3 is 92.6 Å². The van der Waals surface area contributed by atoms with Gasteiger partial charge in [-0.2, -0.15) is 0 Å². The Morgan fingerprint density at radius 2 is 0.833 bits per heavy atom. The molecule has 6 atom stereocenters. The minimum atomic E-state index is -1.34. The van der Waals surface area contributed by atoms with Crippen LogP contribution in [-0.2, 0) is 98.2 Å². The number of nitrogens with zero attached hydrogens (tertiary/aromatic N) is 8. The monoisotopic (exact) mass is 2550 g/mol. The van der Waals surface area contributed by atoms with Gasteiger partial charge in [-0.3, -0.25) is 33.8 Å². The van der Waals surface area contributed by atoms with Gasteiger partial charge in [0.05, 0.1) is 113 Å². The number of alkyl carbamates (subject to hydrolysis) is 1. The molecule has 17 N–H and O–H groups in total. The van der Waals surface area contributed by atoms with Gasteiger partial charge in [0.2, 0.25) is 29.5 Å². The van der Waals surface area contributed by atoms with Crippen molar-refractivity contribution in [3.05, 3.63) is 153 Å². The second-order valence-electron chi connectivity index (χ2n) is 27.7. The van der Waals surface area contributed by atoms with E-state index in [1.807, 2.05) is 112 Å². The molecule has 0 saturated heterocycles. The van der Waals surface area contributed by atoms with Crippen molar-refractivity contribution in [2.45, 2.75) is 222 Å². The quantitative estimate of drug-likeness (QED) is 0.00971. The van der Waals surface area contributed by atoms with Crippen LogP contribution in [0.1, 0.15) is 199 Å². The molecule has 0 saturated carbocycles. The molecule has 0 aliphatic heterocycles. The first-order valence-corrected chi connectivity index (χ1v) is 60.4. The van der Waals surface area contributed by atoms with E-state index in [1.165, 1.54) is 86.3 Å². The van der Waals surface area contributed by atoms with E-state index in [0.29, 0.717) is 63.2 Å². The zero-order valence-corrected chi connectivity index (χ0v) is 88.5. The van der Waals surface area contributed by atoms with Crippen LogP contribution < -0.4 is 73.8 Å². The Kier molecular flexibility index (Phi) is 74.1. The van der Waals surface area contributed by atoms with Gasteiger partial charge in [-0.25, -0.2) is 48.7 Å². The number of amides is 12. The number of aromatic nitrogens is 5. The number of ether oxygens (including phenoxy) is 3. The molecule has 712 valence electrons. The van der Waals surface area contributed by atoms with E-state index in [0.717, 1.165) is 60.3 Å². The first kappa shape index (κ1) is 129. The molecule has 126 heavy (non-hydrogen) atoms. The molecule has 0 fully saturated rings. The maximum atomic E-state index is 13.7. The zero-order chi connectivity index (χ0) is 91.4. The zero-order valence-electron chi connectivity index (χ0n) is 70.5. The molecule has 47 heteroatoms. The molecule has 5 heterocycles. The molecule has 0 unspecified atom stereocenters. The molecule has 12 amide bonds. The summed E-state index contributed by atoms with van der Waals surface area (Å²) in [6, 6.07) is 12.6. The third-order valence-electron chi connectivity index (χ3n) is 16.0. The molecule has 35 nitrogen and oxygen atoms in total. The molecule has 0 aliphatic rings. The normalized spacial score (nSPS) is 11.5. The molecule has 5 aromatic heterocycles. The Balaban J connectivity index is -0.000000536. The average Bonchev–Trinajstić information content (AvgIpc) is 1.44. The number of urea groups is 3. The van der Waals surface area contributed by atoms with Crippen LogP contribution in [-0.4, -0.2) is 195 Å². The van der Waals surface area contributed by atoms with Gasteiger partial charge in [0.1, 0.15) is 30.8 Å². The first-order chi connectivity index (χ1) is 57.2. The Hall–Kier alpha value is -5.98. The maximum absolute atomic E-state index is 13.7. The van der Waals surface area contributed by atoms with Crippen LogP contribution in [0.5, 0.6) is 0 Å². The summed E-state index contributed by atoms with van der Waals surface area (Å²) in [6.45, 7) is 18.4. The van der Waals surface area contributed by atoms with Crippen molar-refractivity contribution in [3.8, 4) is 0 Å². The van der Waals surface area contributed by atoms with Gasteiger partial charge < -0.3 is 94.6 Å². The number of hydrogen-bond acceptors (Lipinski definition) is 27. The Bertz CT molecular complexity index is 4260. The second kappa shape index (κ2) is 72.7. The van der Waals surface area contributed by atoms with Gasteiger partial charge in [0.15, 0.2) is 0 Å². The molecule has 0 spiro atoms. The fraction of sp³-hybridized carbons (Fsp3) is 0.506. The average molecular weight is 2550 g/mol. The standard InChI is InChI=1S/C36H45N7O5S2.C14H22N4O4S.C13H20N4O4S.C8H14N2S.C5H10N2O3.3CH4.ClH.I3.I2.HI/c1-24(2)34-40-29(22-49-34)20-43(3)35(46)42-31(18-32(37)44)33(45)39-27(16-25-10-6-4-7-11-25)14-15-28(17-26-12-8-5-9-13-26)41-36(47)48-21-30-19-38-23-50-30;1-8(2)12-16-9(7-23-12)6-18(3)14(21)17-10(5-11(15)19)13(20)22-4;1-7(2)11-15-8(6-22-11)5-17(3)13(21)16-9(12(19)20)4-10(14)18;1-6(2)8-10-7(4-9-3)5-11-8;1-10-5(9)3(6)2-4(7)8;;;;;1-3-2;1-2;/h4-13,19,22-24,27-28,31H,14-18,20-21H2,1-3H3,(H2,37,44)(H,39,45)(H,41,47)(H,42,46);7-8,10H,5-6H2,1-4H3,(H2,15,19)(H,17,21);6-7,9H,4-5H2,1-3H3,(H2,14,18)(H,16,21)(H,19,20);5-6,9H,4H2,1-3H3;3H,2,6H2,1H3,(H2,7,8);3*1H4;1H;;;1H/q;;;;;;;;;-1;;/t27-,28-,31-;10-;9-;;3-;;;;;;;/m000.0......./s1. The molecular weight excluding hydrogens is 2430 g/mol. The Labute approximate surface area is 836 Å². The third kappa shape index (κ3) is 55.9. The van der Waals surface area contributed by atoms with E-state index in [1.54, 1.807) is 37.1 Å². The van der Waals surface area contributed by atoms with E-state index in [9.17, 15) is 57.5 Å². The van der Waals surface area contributed by atoms with Crippen molar-refractivity contribution in [3.63, 3.8) is 0 Å². The number of carbonyl (C=O) groups is 12. The number of hydrogen-bond donors (Lipinski definition) is 12. The van der Waals surface area contributed by atoms with Gasteiger partial charge in [-0.15, -0.1) is 93.1 Å². The number of carboxylic acid groups (broad SMARTS) is 1. The van der Waals surface area contributed by atoms with Gasteiger partial charge in [-0.05, 0) is 43.9 Å². The predicted molar refractivity (Wildman–Crippen MR) is 543 cm³/mol. The number of aliphatic carboxylic acids is 1. The number of methoxy groups -OCH3 is 2. The summed E-state index contributed by atoms with van der Waals surface area (Å²) in [5.74, 6) is -4.55. The summed E-state index contributed by atoms with van der Waals surface area (Å²) in [4.78, 5) is 168. The predicted octanol–water partition coefficient (Wildman–Crippen LogP) is 10.6. The second-order valence-corrected chi connectivity index (χ2v) is 48.5. The van der Waals surface area contributed by atoms with Crippen molar-refractivity contribution in [1.82, 2.24) is 71.5 Å². The molecule has 7 aromatic rings. The molecule has 0 bridgehead atoms. The summed E-state index contributed by atoms with van der Waals surface area (Å²) in [5.41, 5.74) is 32.6.